The minimum absolute atomic E-state index is 0.342. The molecular weight excluding hydrogens is 221 g/mol. The highest BCUT2D eigenvalue weighted by Gasteiger charge is 2.35. The second-order valence-electron chi connectivity index (χ2n) is 3.32. The van der Waals surface area contributed by atoms with Crippen molar-refractivity contribution in [3.8, 4) is 0 Å². The van der Waals surface area contributed by atoms with Gasteiger partial charge >= 0.3 is 0 Å². The van der Waals surface area contributed by atoms with Gasteiger partial charge in [0.2, 0.25) is 0 Å². The first-order valence-electron chi connectivity index (χ1n) is 4.37. The number of amides is 1. The van der Waals surface area contributed by atoms with Crippen LogP contribution >= 0.6 is 23.2 Å². The predicted molar refractivity (Wildman–Crippen MR) is 57.8 cm³/mol. The Balaban J connectivity index is 2.38. The van der Waals surface area contributed by atoms with E-state index in [2.05, 4.69) is 5.32 Å². The quantitative estimate of drug-likeness (QED) is 0.682. The molecule has 1 aliphatic rings. The Bertz CT molecular complexity index is 376. The average Bonchev–Trinajstić information content (AvgIpc) is 2.26. The first kappa shape index (κ1) is 9.81. The summed E-state index contributed by atoms with van der Waals surface area (Å²) in [5.41, 5.74) is 1.88. The molecule has 0 fully saturated rings. The number of benzene rings is 1. The summed E-state index contributed by atoms with van der Waals surface area (Å²) in [7, 11) is 0. The fourth-order valence-electron chi connectivity index (χ4n) is 1.48. The maximum atomic E-state index is 11.5. The van der Waals surface area contributed by atoms with E-state index in [1.54, 1.807) is 0 Å². The van der Waals surface area contributed by atoms with Crippen LogP contribution in [0.1, 0.15) is 12.0 Å². The number of rotatable bonds is 0. The summed E-state index contributed by atoms with van der Waals surface area (Å²) in [5.74, 6) is -0.342. The van der Waals surface area contributed by atoms with Crippen LogP contribution in [0.25, 0.3) is 0 Å². The van der Waals surface area contributed by atoms with Crippen LogP contribution in [0.2, 0.25) is 0 Å². The number of fused-ring (bicyclic) bond motifs is 1. The van der Waals surface area contributed by atoms with Gasteiger partial charge in [0.1, 0.15) is 0 Å². The van der Waals surface area contributed by atoms with Gasteiger partial charge in [0.15, 0.2) is 4.33 Å². The molecule has 0 bridgehead atoms. The predicted octanol–water partition coefficient (Wildman–Crippen LogP) is 2.75. The fourth-order valence-corrected chi connectivity index (χ4v) is 1.76. The molecule has 0 saturated carbocycles. The summed E-state index contributed by atoms with van der Waals surface area (Å²) in [4.78, 5) is 11.5. The maximum absolute atomic E-state index is 11.5. The van der Waals surface area contributed by atoms with Gasteiger partial charge in [-0.05, 0) is 24.5 Å². The number of hydrogen-bond acceptors (Lipinski definition) is 1. The van der Waals surface area contributed by atoms with Crippen molar-refractivity contribution in [2.75, 3.05) is 5.32 Å². The zero-order chi connectivity index (χ0) is 10.2. The monoisotopic (exact) mass is 229 g/mol. The van der Waals surface area contributed by atoms with Crippen molar-refractivity contribution in [1.82, 2.24) is 0 Å². The maximum Gasteiger partial charge on any atom is 0.260 e. The minimum Gasteiger partial charge on any atom is -0.323 e. The van der Waals surface area contributed by atoms with Crippen LogP contribution < -0.4 is 5.32 Å². The summed E-state index contributed by atoms with van der Waals surface area (Å²) in [6, 6.07) is 7.61. The van der Waals surface area contributed by atoms with E-state index in [-0.39, 0.29) is 5.91 Å². The first-order valence-corrected chi connectivity index (χ1v) is 5.12. The standard InChI is InChI=1S/C10H9Cl2NO/c11-10(12)6-5-7-3-1-2-4-8(7)13-9(10)14/h1-4H,5-6H2,(H,13,14). The molecule has 0 aromatic heterocycles. The van der Waals surface area contributed by atoms with Crippen LogP contribution in [-0.2, 0) is 11.2 Å². The fraction of sp³-hybridized carbons (Fsp3) is 0.300. The molecule has 1 aliphatic heterocycles. The minimum atomic E-state index is -1.31. The highest BCUT2D eigenvalue weighted by atomic mass is 35.5. The van der Waals surface area contributed by atoms with Gasteiger partial charge in [-0.2, -0.15) is 0 Å². The number of halogens is 2. The molecule has 1 heterocycles. The number of carbonyl (C=O) groups is 1. The lowest BCUT2D eigenvalue weighted by Gasteiger charge is -2.14. The number of para-hydroxylation sites is 1. The van der Waals surface area contributed by atoms with Crippen LogP contribution in [0, 0.1) is 0 Å². The Morgan fingerprint density at radius 3 is 2.79 bits per heavy atom. The van der Waals surface area contributed by atoms with Crippen molar-refractivity contribution < 1.29 is 4.79 Å². The lowest BCUT2D eigenvalue weighted by atomic mass is 10.1. The Labute approximate surface area is 92.2 Å². The Morgan fingerprint density at radius 2 is 2.00 bits per heavy atom. The molecule has 0 unspecified atom stereocenters. The largest absolute Gasteiger partial charge is 0.323 e. The third-order valence-electron chi connectivity index (χ3n) is 2.31. The van der Waals surface area contributed by atoms with Crippen molar-refractivity contribution >= 4 is 34.8 Å². The number of aryl methyl sites for hydroxylation is 1. The van der Waals surface area contributed by atoms with Crippen molar-refractivity contribution in [2.24, 2.45) is 0 Å². The lowest BCUT2D eigenvalue weighted by molar-refractivity contribution is -0.116. The molecule has 1 amide bonds. The van der Waals surface area contributed by atoms with Gasteiger partial charge in [-0.15, -0.1) is 0 Å². The number of hydrogen-bond donors (Lipinski definition) is 1. The highest BCUT2D eigenvalue weighted by Crippen LogP contribution is 2.33. The molecule has 1 N–H and O–H groups in total. The van der Waals surface area contributed by atoms with E-state index in [0.29, 0.717) is 12.8 Å². The Morgan fingerprint density at radius 1 is 1.29 bits per heavy atom. The lowest BCUT2D eigenvalue weighted by Crippen LogP contribution is -2.30. The van der Waals surface area contributed by atoms with E-state index in [0.717, 1.165) is 11.3 Å². The summed E-state index contributed by atoms with van der Waals surface area (Å²) in [6.07, 6.45) is 1.15. The molecule has 2 nitrogen and oxygen atoms in total. The zero-order valence-corrected chi connectivity index (χ0v) is 8.90. The normalized spacial score (nSPS) is 19.4. The summed E-state index contributed by atoms with van der Waals surface area (Å²) in [5, 5.41) is 2.71. The topological polar surface area (TPSA) is 29.1 Å². The van der Waals surface area contributed by atoms with E-state index in [1.807, 2.05) is 24.3 Å². The van der Waals surface area contributed by atoms with Crippen molar-refractivity contribution in [2.45, 2.75) is 17.2 Å². The van der Waals surface area contributed by atoms with Gasteiger partial charge in [-0.25, -0.2) is 0 Å². The molecule has 0 atom stereocenters. The summed E-state index contributed by atoms with van der Waals surface area (Å²) in [6.45, 7) is 0. The van der Waals surface area contributed by atoms with Gasteiger partial charge in [-0.3, -0.25) is 4.79 Å². The first-order chi connectivity index (χ1) is 6.59. The summed E-state index contributed by atoms with van der Waals surface area (Å²) >= 11 is 11.7. The van der Waals surface area contributed by atoms with Crippen LogP contribution in [-0.4, -0.2) is 10.2 Å². The molecule has 2 rings (SSSR count). The van der Waals surface area contributed by atoms with Crippen molar-refractivity contribution in [3.05, 3.63) is 29.8 Å². The Kier molecular flexibility index (Phi) is 2.41. The van der Waals surface area contributed by atoms with Gasteiger partial charge < -0.3 is 5.32 Å². The molecule has 0 saturated heterocycles. The molecule has 0 radical (unpaired) electrons. The molecule has 0 spiro atoms. The van der Waals surface area contributed by atoms with E-state index in [9.17, 15) is 4.79 Å². The summed E-state index contributed by atoms with van der Waals surface area (Å²) < 4.78 is -1.31. The van der Waals surface area contributed by atoms with Crippen molar-refractivity contribution in [3.63, 3.8) is 0 Å². The highest BCUT2D eigenvalue weighted by molar-refractivity contribution is 6.59. The average molecular weight is 230 g/mol. The van der Waals surface area contributed by atoms with Gasteiger partial charge in [-0.1, -0.05) is 41.4 Å². The van der Waals surface area contributed by atoms with Crippen LogP contribution in [0.5, 0.6) is 0 Å². The van der Waals surface area contributed by atoms with Gasteiger partial charge in [0.25, 0.3) is 5.91 Å². The van der Waals surface area contributed by atoms with E-state index < -0.39 is 4.33 Å². The van der Waals surface area contributed by atoms with Gasteiger partial charge in [0.05, 0.1) is 0 Å². The number of carbonyl (C=O) groups excluding carboxylic acids is 1. The van der Waals surface area contributed by atoms with Crippen LogP contribution in [0.3, 0.4) is 0 Å². The SMILES string of the molecule is O=C1Nc2ccccc2CCC1(Cl)Cl. The molecule has 1 aromatic rings. The molecular formula is C10H9Cl2NO. The van der Waals surface area contributed by atoms with Gasteiger partial charge in [0, 0.05) is 5.69 Å². The number of alkyl halides is 2. The third-order valence-corrected chi connectivity index (χ3v) is 3.03. The third kappa shape index (κ3) is 1.72. The van der Waals surface area contributed by atoms with Crippen molar-refractivity contribution in [1.29, 1.82) is 0 Å². The zero-order valence-electron chi connectivity index (χ0n) is 7.39. The van der Waals surface area contributed by atoms with E-state index in [1.165, 1.54) is 0 Å². The Hall–Kier alpha value is -0.730. The second-order valence-corrected chi connectivity index (χ2v) is 4.80. The van der Waals surface area contributed by atoms with Crippen LogP contribution in [0.15, 0.2) is 24.3 Å². The molecule has 1 aromatic carbocycles. The van der Waals surface area contributed by atoms with E-state index >= 15 is 0 Å². The molecule has 74 valence electrons. The van der Waals surface area contributed by atoms with E-state index in [4.69, 9.17) is 23.2 Å². The molecule has 4 heteroatoms. The molecule has 14 heavy (non-hydrogen) atoms. The second kappa shape index (κ2) is 3.44. The number of anilines is 1. The molecule has 0 aliphatic carbocycles. The smallest absolute Gasteiger partial charge is 0.260 e. The number of nitrogens with one attached hydrogen (secondary N) is 1. The van der Waals surface area contributed by atoms with Crippen LogP contribution in [0.4, 0.5) is 5.69 Å².